The maximum Gasteiger partial charge on any atom is 0.472 e. The summed E-state index contributed by atoms with van der Waals surface area (Å²) in [7, 11) is -9.83. The fourth-order valence-electron chi connectivity index (χ4n) is 11.8. The second kappa shape index (κ2) is 87.9. The van der Waals surface area contributed by atoms with Crippen LogP contribution in [0, 0.1) is 0 Å². The summed E-state index contributed by atoms with van der Waals surface area (Å²) >= 11 is 0. The van der Waals surface area contributed by atoms with Crippen molar-refractivity contribution in [3.63, 3.8) is 0 Å². The van der Waals surface area contributed by atoms with Gasteiger partial charge in [-0.3, -0.25) is 32.5 Å². The van der Waals surface area contributed by atoms with E-state index < -0.39 is 91.5 Å². The van der Waals surface area contributed by atoms with E-state index in [0.717, 1.165) is 141 Å². The van der Waals surface area contributed by atoms with E-state index in [9.17, 15) is 43.5 Å². The molecule has 0 aliphatic heterocycles. The topological polar surface area (TPSA) is 231 Å². The van der Waals surface area contributed by atoms with Crippen LogP contribution in [0.25, 0.3) is 0 Å². The quantitative estimate of drug-likeness (QED) is 0.0146. The molecular formula is C97H162O16P2. The summed E-state index contributed by atoms with van der Waals surface area (Å²) in [6.45, 7) is 2.37. The molecule has 0 aliphatic carbocycles. The van der Waals surface area contributed by atoms with Gasteiger partial charge in [-0.2, -0.15) is 0 Å². The van der Waals surface area contributed by atoms with Crippen LogP contribution in [0.15, 0.2) is 182 Å². The maximum atomic E-state index is 13.0. The normalized spacial score (nSPS) is 14.7. The van der Waals surface area contributed by atoms with Crippen molar-refractivity contribution in [1.82, 2.24) is 0 Å². The molecule has 4 N–H and O–H groups in total. The molecule has 0 rings (SSSR count). The van der Waals surface area contributed by atoms with E-state index in [4.69, 9.17) is 32.3 Å². The third kappa shape index (κ3) is 89.3. The molecule has 0 fully saturated rings. The third-order valence-corrected chi connectivity index (χ3v) is 20.5. The molecule has 0 heterocycles. The van der Waals surface area contributed by atoms with Gasteiger partial charge in [-0.05, 0) is 154 Å². The van der Waals surface area contributed by atoms with Crippen LogP contribution in [0.2, 0.25) is 0 Å². The second-order valence-electron chi connectivity index (χ2n) is 29.6. The molecule has 5 unspecified atom stereocenters. The van der Waals surface area contributed by atoms with Gasteiger partial charge >= 0.3 is 33.6 Å². The van der Waals surface area contributed by atoms with E-state index in [1.807, 2.05) is 12.2 Å². The predicted molar refractivity (Wildman–Crippen MR) is 481 cm³/mol. The molecule has 0 aromatic heterocycles. The Balaban J connectivity index is 4.51. The minimum absolute atomic E-state index is 0.0211. The van der Waals surface area contributed by atoms with E-state index in [2.05, 4.69) is 191 Å². The summed E-state index contributed by atoms with van der Waals surface area (Å²) in [5.41, 5.74) is 0. The van der Waals surface area contributed by atoms with Crippen molar-refractivity contribution < 1.29 is 75.8 Å². The van der Waals surface area contributed by atoms with Gasteiger partial charge in [0.1, 0.15) is 25.4 Å². The summed E-state index contributed by atoms with van der Waals surface area (Å²) in [6.07, 6.45) is 115. The average Bonchev–Trinajstić information content (AvgIpc) is 0.926. The fourth-order valence-corrected chi connectivity index (χ4v) is 13.4. The van der Waals surface area contributed by atoms with Crippen LogP contribution in [0.4, 0.5) is 0 Å². The average molecular weight is 1650 g/mol. The molecule has 115 heavy (non-hydrogen) atoms. The van der Waals surface area contributed by atoms with Gasteiger partial charge in [0.25, 0.3) is 0 Å². The standard InChI is InChI=1S/C97H162O16P2/c1-4-7-10-13-16-19-22-25-28-31-33-35-37-39-41-42-43-44-45-46-47-48-50-52-53-55-57-60-62-65-68-71-74-77-80-83-95(100)107-86-92(98)87-109-114(103,104)110-88-93(99)89-111-115(105,106)112-91-94(113-97(102)85-82-79-76-73-70-67-64-59-30-27-24-21-18-15-12-9-6-3)90-108-96(101)84-81-78-75-72-69-66-63-61-58-56-54-51-49-40-38-36-34-32-29-26-23-20-17-14-11-8-5-2/h7,9-10,12,16-21,25-30,33-36,39-41,43-44,49,64,67,73,76,92-94,98-99H,4-6,8,11,13-15,22-24,31-32,37-38,42,45-48,50-63,65-66,68-72,74-75,77-91H2,1-3H3,(H,103,104)(H,105,106)/b10-7-,12-9-,19-16-,20-17-,21-18-,28-25-,29-26-,30-27-,35-33-,36-34-,41-39-,44-43-,49-40-,67-64-,76-73-. The lowest BCUT2D eigenvalue weighted by Gasteiger charge is -2.21. The summed E-state index contributed by atoms with van der Waals surface area (Å²) in [4.78, 5) is 58.9. The van der Waals surface area contributed by atoms with Gasteiger partial charge in [-0.15, -0.1) is 0 Å². The van der Waals surface area contributed by atoms with Crippen molar-refractivity contribution in [2.75, 3.05) is 39.6 Å². The second-order valence-corrected chi connectivity index (χ2v) is 32.5. The SMILES string of the molecule is CC/C=C\C/C=C\C/C=C\C/C=C\C/C=C\C/C=C\CCCCCCCCCCCCCCCCCCC(=O)OCC(O)COP(=O)(O)OCC(O)COP(=O)(O)OCC(COC(=O)CCCCCCCCCCCCC/C=C\C/C=C\C/C=C\C/C=C\CCCCC)OC(=O)CCC/C=C\C/C=C\C/C=C\C/C=C\C/C=C\CC. The van der Waals surface area contributed by atoms with Crippen molar-refractivity contribution in [1.29, 1.82) is 0 Å². The van der Waals surface area contributed by atoms with Crippen LogP contribution in [0.3, 0.4) is 0 Å². The molecule has 0 bridgehead atoms. The smallest absolute Gasteiger partial charge is 0.463 e. The molecule has 0 aromatic rings. The van der Waals surface area contributed by atoms with Crippen LogP contribution in [-0.2, 0) is 55.8 Å². The highest BCUT2D eigenvalue weighted by Crippen LogP contribution is 2.45. The van der Waals surface area contributed by atoms with Crippen LogP contribution in [-0.4, -0.2) is 95.9 Å². The number of aliphatic hydroxyl groups is 2. The predicted octanol–water partition coefficient (Wildman–Crippen LogP) is 27.7. The number of rotatable bonds is 84. The van der Waals surface area contributed by atoms with E-state index in [1.165, 1.54) is 148 Å². The molecule has 0 radical (unpaired) electrons. The summed E-state index contributed by atoms with van der Waals surface area (Å²) < 4.78 is 61.3. The van der Waals surface area contributed by atoms with Gasteiger partial charge in [-0.1, -0.05) is 364 Å². The molecule has 0 saturated carbocycles. The Bertz CT molecular complexity index is 2820. The van der Waals surface area contributed by atoms with E-state index in [-0.39, 0.29) is 19.3 Å². The molecule has 0 spiro atoms. The number of carbonyl (C=O) groups is 3. The number of unbranched alkanes of at least 4 members (excludes halogenated alkanes) is 31. The zero-order valence-corrected chi connectivity index (χ0v) is 73.9. The molecule has 0 amide bonds. The van der Waals surface area contributed by atoms with E-state index >= 15 is 0 Å². The molecule has 0 aliphatic rings. The number of phosphoric acid groups is 2. The Morgan fingerprint density at radius 1 is 0.252 bits per heavy atom. The summed E-state index contributed by atoms with van der Waals surface area (Å²) in [5.74, 6) is -1.65. The number of carbonyl (C=O) groups excluding carboxylic acids is 3. The first-order chi connectivity index (χ1) is 56.2. The Morgan fingerprint density at radius 3 is 0.757 bits per heavy atom. The van der Waals surface area contributed by atoms with Gasteiger partial charge < -0.3 is 34.2 Å². The largest absolute Gasteiger partial charge is 0.472 e. The monoisotopic (exact) mass is 1650 g/mol. The van der Waals surface area contributed by atoms with Gasteiger partial charge in [0.2, 0.25) is 0 Å². The summed E-state index contributed by atoms with van der Waals surface area (Å²) in [5, 5.41) is 20.7. The number of hydrogen-bond acceptors (Lipinski definition) is 14. The Labute approximate surface area is 700 Å². The highest BCUT2D eigenvalue weighted by molar-refractivity contribution is 7.47. The van der Waals surface area contributed by atoms with E-state index in [0.29, 0.717) is 25.7 Å². The lowest BCUT2D eigenvalue weighted by Crippen LogP contribution is -2.30. The lowest BCUT2D eigenvalue weighted by molar-refractivity contribution is -0.161. The van der Waals surface area contributed by atoms with Crippen molar-refractivity contribution in [2.24, 2.45) is 0 Å². The van der Waals surface area contributed by atoms with Crippen LogP contribution in [0.5, 0.6) is 0 Å². The van der Waals surface area contributed by atoms with E-state index in [1.54, 1.807) is 0 Å². The number of aliphatic hydroxyl groups excluding tert-OH is 2. The molecule has 16 nitrogen and oxygen atoms in total. The van der Waals surface area contributed by atoms with Gasteiger partial charge in [0, 0.05) is 19.3 Å². The highest BCUT2D eigenvalue weighted by Gasteiger charge is 2.29. The third-order valence-electron chi connectivity index (χ3n) is 18.6. The fraction of sp³-hybridized carbons (Fsp3) is 0.660. The van der Waals surface area contributed by atoms with Crippen molar-refractivity contribution >= 4 is 33.6 Å². The minimum atomic E-state index is -4.96. The molecule has 5 atom stereocenters. The van der Waals surface area contributed by atoms with Crippen molar-refractivity contribution in [2.45, 2.75) is 373 Å². The van der Waals surface area contributed by atoms with Gasteiger partial charge in [0.15, 0.2) is 6.10 Å². The first-order valence-electron chi connectivity index (χ1n) is 45.1. The maximum absolute atomic E-state index is 13.0. The molecule has 656 valence electrons. The number of hydrogen-bond donors (Lipinski definition) is 4. The zero-order chi connectivity index (χ0) is 83.6. The highest BCUT2D eigenvalue weighted by atomic mass is 31.2. The number of esters is 3. The summed E-state index contributed by atoms with van der Waals surface area (Å²) in [6, 6.07) is 0. The Kier molecular flexibility index (Phi) is 83.9. The molecule has 0 aromatic carbocycles. The first-order valence-corrected chi connectivity index (χ1v) is 48.1. The Morgan fingerprint density at radius 2 is 0.470 bits per heavy atom. The van der Waals surface area contributed by atoms with Gasteiger partial charge in [-0.25, -0.2) is 9.13 Å². The van der Waals surface area contributed by atoms with Crippen LogP contribution in [0.1, 0.15) is 355 Å². The Hall–Kier alpha value is -5.35. The first kappa shape index (κ1) is 110. The minimum Gasteiger partial charge on any atom is -0.463 e. The zero-order valence-electron chi connectivity index (χ0n) is 72.1. The van der Waals surface area contributed by atoms with Crippen LogP contribution < -0.4 is 0 Å². The number of phosphoric ester groups is 2. The number of ether oxygens (including phenoxy) is 3. The molecule has 18 heteroatoms. The van der Waals surface area contributed by atoms with Crippen LogP contribution >= 0.6 is 15.6 Å². The number of allylic oxidation sites excluding steroid dienone is 30. The molecule has 0 saturated heterocycles. The van der Waals surface area contributed by atoms with Gasteiger partial charge in [0.05, 0.1) is 26.4 Å². The van der Waals surface area contributed by atoms with Crippen molar-refractivity contribution in [3.05, 3.63) is 182 Å². The lowest BCUT2D eigenvalue weighted by atomic mass is 10.0. The molecular weight excluding hydrogens is 1480 g/mol. The van der Waals surface area contributed by atoms with Crippen molar-refractivity contribution in [3.8, 4) is 0 Å².